The SMILES string of the molecule is O=C(NNc1ccccc1NC(=O)c1cccc(Br)c1)OCC1CCN(c2ccncc2)CC1. The van der Waals surface area contributed by atoms with E-state index in [0.717, 1.165) is 30.4 Å². The molecule has 0 bridgehead atoms. The van der Waals surface area contributed by atoms with Crippen LogP contribution in [0.2, 0.25) is 0 Å². The monoisotopic (exact) mass is 523 g/mol. The molecule has 1 fully saturated rings. The van der Waals surface area contributed by atoms with E-state index in [1.165, 1.54) is 5.69 Å². The average molecular weight is 524 g/mol. The molecule has 8 nitrogen and oxygen atoms in total. The Morgan fingerprint density at radius 1 is 1.00 bits per heavy atom. The van der Waals surface area contributed by atoms with Gasteiger partial charge in [-0.2, -0.15) is 0 Å². The Balaban J connectivity index is 1.23. The molecule has 3 aromatic rings. The number of pyridine rings is 1. The summed E-state index contributed by atoms with van der Waals surface area (Å²) < 4.78 is 6.23. The highest BCUT2D eigenvalue weighted by molar-refractivity contribution is 9.10. The summed E-state index contributed by atoms with van der Waals surface area (Å²) in [6.45, 7) is 2.20. The molecule has 1 saturated heterocycles. The van der Waals surface area contributed by atoms with Crippen LogP contribution in [0.25, 0.3) is 0 Å². The van der Waals surface area contributed by atoms with Crippen LogP contribution in [0.1, 0.15) is 23.2 Å². The van der Waals surface area contributed by atoms with E-state index >= 15 is 0 Å². The van der Waals surface area contributed by atoms with E-state index in [4.69, 9.17) is 4.74 Å². The molecule has 0 aliphatic carbocycles. The predicted molar refractivity (Wildman–Crippen MR) is 136 cm³/mol. The van der Waals surface area contributed by atoms with Crippen LogP contribution >= 0.6 is 15.9 Å². The number of hydrogen-bond acceptors (Lipinski definition) is 6. The minimum atomic E-state index is -0.565. The van der Waals surface area contributed by atoms with Crippen LogP contribution in [-0.4, -0.2) is 36.7 Å². The second-order valence-electron chi connectivity index (χ2n) is 7.99. The highest BCUT2D eigenvalue weighted by atomic mass is 79.9. The molecule has 34 heavy (non-hydrogen) atoms. The Labute approximate surface area is 206 Å². The molecule has 176 valence electrons. The van der Waals surface area contributed by atoms with Gasteiger partial charge in [-0.3, -0.25) is 15.2 Å². The van der Waals surface area contributed by atoms with Gasteiger partial charge in [-0.1, -0.05) is 34.1 Å². The van der Waals surface area contributed by atoms with E-state index in [1.54, 1.807) is 54.9 Å². The van der Waals surface area contributed by atoms with E-state index in [9.17, 15) is 9.59 Å². The number of para-hydroxylation sites is 2. The summed E-state index contributed by atoms with van der Waals surface area (Å²) in [6.07, 6.45) is 4.93. The minimum Gasteiger partial charge on any atom is -0.448 e. The lowest BCUT2D eigenvalue weighted by Crippen LogP contribution is -2.37. The minimum absolute atomic E-state index is 0.253. The quantitative estimate of drug-likeness (QED) is 0.374. The van der Waals surface area contributed by atoms with Gasteiger partial charge in [0.1, 0.15) is 0 Å². The number of piperidine rings is 1. The lowest BCUT2D eigenvalue weighted by atomic mass is 9.97. The van der Waals surface area contributed by atoms with Crippen molar-refractivity contribution in [1.29, 1.82) is 0 Å². The van der Waals surface area contributed by atoms with Crippen molar-refractivity contribution in [2.75, 3.05) is 35.3 Å². The number of ether oxygens (including phenoxy) is 1. The maximum Gasteiger partial charge on any atom is 0.425 e. The van der Waals surface area contributed by atoms with Crippen LogP contribution in [0, 0.1) is 5.92 Å². The number of benzene rings is 2. The summed E-state index contributed by atoms with van der Waals surface area (Å²) in [5, 5.41) is 2.86. The van der Waals surface area contributed by atoms with Gasteiger partial charge in [0, 0.05) is 41.2 Å². The van der Waals surface area contributed by atoms with Gasteiger partial charge >= 0.3 is 6.09 Å². The van der Waals surface area contributed by atoms with E-state index < -0.39 is 6.09 Å². The normalized spacial score (nSPS) is 13.7. The Bertz CT molecular complexity index is 1120. The van der Waals surface area contributed by atoms with Crippen LogP contribution in [0.15, 0.2) is 77.5 Å². The molecule has 2 aromatic carbocycles. The molecule has 4 rings (SSSR count). The third-order valence-corrected chi connectivity index (χ3v) is 6.15. The third kappa shape index (κ3) is 6.48. The van der Waals surface area contributed by atoms with Crippen LogP contribution in [-0.2, 0) is 4.74 Å². The smallest absolute Gasteiger partial charge is 0.425 e. The summed E-state index contributed by atoms with van der Waals surface area (Å²) in [5.41, 5.74) is 8.16. The number of amides is 2. The maximum absolute atomic E-state index is 12.6. The van der Waals surface area contributed by atoms with Gasteiger partial charge in [0.15, 0.2) is 0 Å². The first-order valence-electron chi connectivity index (χ1n) is 11.1. The van der Waals surface area contributed by atoms with Gasteiger partial charge in [0.05, 0.1) is 18.0 Å². The first-order chi connectivity index (χ1) is 16.6. The molecule has 1 aromatic heterocycles. The largest absolute Gasteiger partial charge is 0.448 e. The van der Waals surface area contributed by atoms with Crippen LogP contribution in [0.5, 0.6) is 0 Å². The number of nitrogens with one attached hydrogen (secondary N) is 3. The molecule has 3 N–H and O–H groups in total. The number of anilines is 3. The van der Waals surface area contributed by atoms with E-state index in [2.05, 4.69) is 42.0 Å². The highest BCUT2D eigenvalue weighted by Gasteiger charge is 2.21. The van der Waals surface area contributed by atoms with Crippen molar-refractivity contribution in [1.82, 2.24) is 10.4 Å². The molecule has 2 heterocycles. The van der Waals surface area contributed by atoms with Crippen molar-refractivity contribution in [3.63, 3.8) is 0 Å². The summed E-state index contributed by atoms with van der Waals surface area (Å²) in [5.74, 6) is 0.0665. The molecule has 0 saturated carbocycles. The number of aromatic nitrogens is 1. The summed E-state index contributed by atoms with van der Waals surface area (Å²) in [6, 6.07) is 18.3. The first-order valence-corrected chi connectivity index (χ1v) is 11.9. The standard InChI is InChI=1S/C25H26BrN5O3/c26-20-5-3-4-19(16-20)24(32)28-22-6-1-2-7-23(22)29-30-25(33)34-17-18-10-14-31(15-11-18)21-8-12-27-13-9-21/h1-9,12-13,16,18,29H,10-11,14-15,17H2,(H,28,32)(H,30,33). The van der Waals surface area contributed by atoms with Crippen LogP contribution in [0.4, 0.5) is 21.9 Å². The molecule has 9 heteroatoms. The fraction of sp³-hybridized carbons (Fsp3) is 0.240. The second kappa shape index (κ2) is 11.5. The zero-order valence-electron chi connectivity index (χ0n) is 18.5. The van der Waals surface area contributed by atoms with Gasteiger partial charge < -0.3 is 15.0 Å². The van der Waals surface area contributed by atoms with Crippen molar-refractivity contribution in [2.45, 2.75) is 12.8 Å². The molecule has 1 aliphatic rings. The average Bonchev–Trinajstić information content (AvgIpc) is 2.88. The third-order valence-electron chi connectivity index (χ3n) is 5.65. The number of hydrogen-bond donors (Lipinski definition) is 3. The first kappa shape index (κ1) is 23.6. The van der Waals surface area contributed by atoms with Crippen LogP contribution in [0.3, 0.4) is 0 Å². The van der Waals surface area contributed by atoms with Gasteiger partial charge in [-0.15, -0.1) is 0 Å². The molecule has 1 aliphatic heterocycles. The van der Waals surface area contributed by atoms with E-state index in [-0.39, 0.29) is 5.91 Å². The van der Waals surface area contributed by atoms with Crippen molar-refractivity contribution >= 4 is 45.0 Å². The number of carbonyl (C=O) groups is 2. The van der Waals surface area contributed by atoms with Crippen molar-refractivity contribution in [3.05, 3.63) is 83.1 Å². The number of halogens is 1. The highest BCUT2D eigenvalue weighted by Crippen LogP contribution is 2.24. The molecule has 0 atom stereocenters. The van der Waals surface area contributed by atoms with Crippen molar-refractivity contribution < 1.29 is 14.3 Å². The van der Waals surface area contributed by atoms with E-state index in [1.807, 2.05) is 18.2 Å². The Kier molecular flexibility index (Phi) is 7.98. The Morgan fingerprint density at radius 3 is 2.47 bits per heavy atom. The molecule has 0 spiro atoms. The number of nitrogens with zero attached hydrogens (tertiary/aromatic N) is 2. The topological polar surface area (TPSA) is 95.6 Å². The molecule has 0 radical (unpaired) electrons. The maximum atomic E-state index is 12.6. The van der Waals surface area contributed by atoms with E-state index in [0.29, 0.717) is 29.5 Å². The summed E-state index contributed by atoms with van der Waals surface area (Å²) in [7, 11) is 0. The molecule has 0 unspecified atom stereocenters. The Hall–Kier alpha value is -3.59. The zero-order chi connectivity index (χ0) is 23.8. The Morgan fingerprint density at radius 2 is 1.74 bits per heavy atom. The summed E-state index contributed by atoms with van der Waals surface area (Å²) >= 11 is 3.37. The molecule has 2 amide bonds. The molecular weight excluding hydrogens is 498 g/mol. The van der Waals surface area contributed by atoms with Gasteiger partial charge in [-0.25, -0.2) is 10.2 Å². The van der Waals surface area contributed by atoms with Crippen LogP contribution < -0.4 is 21.1 Å². The zero-order valence-corrected chi connectivity index (χ0v) is 20.1. The van der Waals surface area contributed by atoms with Gasteiger partial charge in [0.2, 0.25) is 0 Å². The number of carbonyl (C=O) groups excluding carboxylic acids is 2. The lowest BCUT2D eigenvalue weighted by molar-refractivity contribution is 0.102. The van der Waals surface area contributed by atoms with Gasteiger partial charge in [-0.05, 0) is 61.2 Å². The molecular formula is C25H26BrN5O3. The summed E-state index contributed by atoms with van der Waals surface area (Å²) in [4.78, 5) is 31.2. The lowest BCUT2D eigenvalue weighted by Gasteiger charge is -2.33. The fourth-order valence-corrected chi connectivity index (χ4v) is 4.19. The van der Waals surface area contributed by atoms with Gasteiger partial charge in [0.25, 0.3) is 5.91 Å². The van der Waals surface area contributed by atoms with Crippen molar-refractivity contribution in [3.8, 4) is 0 Å². The second-order valence-corrected chi connectivity index (χ2v) is 8.91. The number of rotatable bonds is 7. The fourth-order valence-electron chi connectivity index (χ4n) is 3.79. The predicted octanol–water partition coefficient (Wildman–Crippen LogP) is 5.07. The van der Waals surface area contributed by atoms with Crippen molar-refractivity contribution in [2.24, 2.45) is 5.92 Å². The number of hydrazine groups is 1.